The minimum absolute atomic E-state index is 0.298. The third-order valence-electron chi connectivity index (χ3n) is 3.98. The van der Waals surface area contributed by atoms with E-state index in [1.165, 1.54) is 12.8 Å². The summed E-state index contributed by atoms with van der Waals surface area (Å²) in [5, 5.41) is 8.93. The van der Waals surface area contributed by atoms with Gasteiger partial charge in [0.2, 0.25) is 0 Å². The molecule has 1 aliphatic rings. The molecule has 20 heavy (non-hydrogen) atoms. The van der Waals surface area contributed by atoms with Crippen molar-refractivity contribution in [2.45, 2.75) is 38.3 Å². The molecule has 112 valence electrons. The lowest BCUT2D eigenvalue weighted by Crippen LogP contribution is -2.33. The predicted molar refractivity (Wildman–Crippen MR) is 80.7 cm³/mol. The van der Waals surface area contributed by atoms with Crippen molar-refractivity contribution in [1.82, 2.24) is 4.90 Å². The SMILES string of the molecule is NCc1cccc(OCCN2CCCC2CCCO)c1. The second-order valence-electron chi connectivity index (χ2n) is 5.40. The van der Waals surface area contributed by atoms with E-state index in [0.717, 1.165) is 37.2 Å². The maximum atomic E-state index is 8.93. The van der Waals surface area contributed by atoms with Crippen molar-refractivity contribution in [1.29, 1.82) is 0 Å². The molecule has 4 nitrogen and oxygen atoms in total. The highest BCUT2D eigenvalue weighted by molar-refractivity contribution is 5.28. The molecule has 0 amide bonds. The molecule has 0 spiro atoms. The molecule has 3 N–H and O–H groups in total. The van der Waals surface area contributed by atoms with Crippen molar-refractivity contribution in [3.05, 3.63) is 29.8 Å². The van der Waals surface area contributed by atoms with Gasteiger partial charge in [0.15, 0.2) is 0 Å². The Hall–Kier alpha value is -1.10. The summed E-state index contributed by atoms with van der Waals surface area (Å²) in [7, 11) is 0. The van der Waals surface area contributed by atoms with Gasteiger partial charge in [-0.2, -0.15) is 0 Å². The quantitative estimate of drug-likeness (QED) is 0.761. The number of likely N-dealkylation sites (tertiary alicyclic amines) is 1. The third-order valence-corrected chi connectivity index (χ3v) is 3.98. The molecule has 1 heterocycles. The molecule has 0 bridgehead atoms. The Balaban J connectivity index is 1.74. The van der Waals surface area contributed by atoms with Gasteiger partial charge in [-0.15, -0.1) is 0 Å². The van der Waals surface area contributed by atoms with E-state index in [2.05, 4.69) is 4.90 Å². The minimum atomic E-state index is 0.298. The average molecular weight is 278 g/mol. The highest BCUT2D eigenvalue weighted by Crippen LogP contribution is 2.21. The van der Waals surface area contributed by atoms with Crippen LogP contribution in [0, 0.1) is 0 Å². The molecule has 0 radical (unpaired) electrons. The van der Waals surface area contributed by atoms with Crippen LogP contribution in [0.5, 0.6) is 5.75 Å². The first kappa shape index (κ1) is 15.3. The van der Waals surface area contributed by atoms with Crippen LogP contribution in [-0.2, 0) is 6.54 Å². The standard InChI is InChI=1S/C16H26N2O2/c17-13-14-4-1-7-16(12-14)20-11-9-18-8-2-5-15(18)6-3-10-19/h1,4,7,12,15,19H,2-3,5-6,8-11,13,17H2. The lowest BCUT2D eigenvalue weighted by molar-refractivity contribution is 0.180. The Labute approximate surface area is 121 Å². The van der Waals surface area contributed by atoms with E-state index in [4.69, 9.17) is 15.6 Å². The fourth-order valence-electron chi connectivity index (χ4n) is 2.89. The Morgan fingerprint density at radius 1 is 1.40 bits per heavy atom. The zero-order valence-electron chi connectivity index (χ0n) is 12.1. The van der Waals surface area contributed by atoms with E-state index in [9.17, 15) is 0 Å². The number of aliphatic hydroxyl groups is 1. The number of hydrogen-bond acceptors (Lipinski definition) is 4. The molecule has 1 aromatic carbocycles. The molecule has 1 saturated heterocycles. The number of ether oxygens (including phenoxy) is 1. The highest BCUT2D eigenvalue weighted by Gasteiger charge is 2.23. The molecule has 1 unspecified atom stereocenters. The summed E-state index contributed by atoms with van der Waals surface area (Å²) in [4.78, 5) is 2.49. The molecular weight excluding hydrogens is 252 g/mol. The largest absolute Gasteiger partial charge is 0.492 e. The maximum Gasteiger partial charge on any atom is 0.119 e. The molecule has 2 rings (SSSR count). The van der Waals surface area contributed by atoms with Crippen LogP contribution in [-0.4, -0.2) is 42.4 Å². The van der Waals surface area contributed by atoms with Crippen LogP contribution in [0.15, 0.2) is 24.3 Å². The van der Waals surface area contributed by atoms with E-state index in [0.29, 0.717) is 25.8 Å². The monoisotopic (exact) mass is 278 g/mol. The van der Waals surface area contributed by atoms with Gasteiger partial charge in [0.1, 0.15) is 12.4 Å². The van der Waals surface area contributed by atoms with Gasteiger partial charge >= 0.3 is 0 Å². The molecule has 0 aromatic heterocycles. The van der Waals surface area contributed by atoms with Crippen molar-refractivity contribution >= 4 is 0 Å². The second kappa shape index (κ2) is 8.25. The molecule has 0 saturated carbocycles. The molecule has 1 aromatic rings. The molecule has 1 fully saturated rings. The molecule has 0 aliphatic carbocycles. The lowest BCUT2D eigenvalue weighted by Gasteiger charge is -2.24. The second-order valence-corrected chi connectivity index (χ2v) is 5.40. The van der Waals surface area contributed by atoms with Crippen molar-refractivity contribution < 1.29 is 9.84 Å². The van der Waals surface area contributed by atoms with Crippen LogP contribution in [0.1, 0.15) is 31.2 Å². The van der Waals surface area contributed by atoms with Gasteiger partial charge in [-0.1, -0.05) is 12.1 Å². The van der Waals surface area contributed by atoms with Crippen LogP contribution in [0.4, 0.5) is 0 Å². The summed E-state index contributed by atoms with van der Waals surface area (Å²) < 4.78 is 5.82. The first-order valence-electron chi connectivity index (χ1n) is 7.60. The summed E-state index contributed by atoms with van der Waals surface area (Å²) in [6.07, 6.45) is 4.52. The van der Waals surface area contributed by atoms with Crippen LogP contribution in [0.2, 0.25) is 0 Å². The molecular formula is C16H26N2O2. The molecule has 1 atom stereocenters. The summed E-state index contributed by atoms with van der Waals surface area (Å²) in [6, 6.07) is 8.61. The number of benzene rings is 1. The smallest absolute Gasteiger partial charge is 0.119 e. The summed E-state index contributed by atoms with van der Waals surface area (Å²) in [6.45, 7) is 3.67. The van der Waals surface area contributed by atoms with Crippen LogP contribution >= 0.6 is 0 Å². The maximum absolute atomic E-state index is 8.93. The first-order valence-corrected chi connectivity index (χ1v) is 7.60. The van der Waals surface area contributed by atoms with Gasteiger partial charge < -0.3 is 15.6 Å². The zero-order chi connectivity index (χ0) is 14.2. The first-order chi connectivity index (χ1) is 9.83. The van der Waals surface area contributed by atoms with Crippen molar-refractivity contribution in [3.63, 3.8) is 0 Å². The van der Waals surface area contributed by atoms with Gasteiger partial charge in [0, 0.05) is 25.7 Å². The van der Waals surface area contributed by atoms with Crippen LogP contribution in [0.3, 0.4) is 0 Å². The number of nitrogens with two attached hydrogens (primary N) is 1. The van der Waals surface area contributed by atoms with Crippen molar-refractivity contribution in [2.75, 3.05) is 26.3 Å². The van der Waals surface area contributed by atoms with Gasteiger partial charge in [-0.05, 0) is 49.9 Å². The van der Waals surface area contributed by atoms with E-state index in [1.54, 1.807) is 0 Å². The highest BCUT2D eigenvalue weighted by atomic mass is 16.5. The van der Waals surface area contributed by atoms with Gasteiger partial charge in [0.25, 0.3) is 0 Å². The summed E-state index contributed by atoms with van der Waals surface area (Å²) >= 11 is 0. The topological polar surface area (TPSA) is 58.7 Å². The average Bonchev–Trinajstić information content (AvgIpc) is 2.93. The summed E-state index contributed by atoms with van der Waals surface area (Å²) in [5.74, 6) is 0.902. The lowest BCUT2D eigenvalue weighted by atomic mass is 10.1. The molecule has 1 aliphatic heterocycles. The Morgan fingerprint density at radius 3 is 3.10 bits per heavy atom. The summed E-state index contributed by atoms with van der Waals surface area (Å²) in [5.41, 5.74) is 6.73. The Morgan fingerprint density at radius 2 is 2.30 bits per heavy atom. The number of aliphatic hydroxyl groups excluding tert-OH is 1. The number of rotatable bonds is 8. The van der Waals surface area contributed by atoms with Crippen molar-refractivity contribution in [2.24, 2.45) is 5.73 Å². The predicted octanol–water partition coefficient (Wildman–Crippen LogP) is 1.76. The fraction of sp³-hybridized carbons (Fsp3) is 0.625. The third kappa shape index (κ3) is 4.47. The normalized spacial score (nSPS) is 19.4. The van der Waals surface area contributed by atoms with Crippen LogP contribution < -0.4 is 10.5 Å². The van der Waals surface area contributed by atoms with Crippen molar-refractivity contribution in [3.8, 4) is 5.75 Å². The van der Waals surface area contributed by atoms with E-state index < -0.39 is 0 Å². The number of hydrogen-bond donors (Lipinski definition) is 2. The Bertz CT molecular complexity index is 398. The van der Waals surface area contributed by atoms with E-state index in [1.807, 2.05) is 24.3 Å². The van der Waals surface area contributed by atoms with Gasteiger partial charge in [-0.25, -0.2) is 0 Å². The van der Waals surface area contributed by atoms with E-state index >= 15 is 0 Å². The zero-order valence-corrected chi connectivity index (χ0v) is 12.1. The molecule has 4 heteroatoms. The van der Waals surface area contributed by atoms with Gasteiger partial charge in [0.05, 0.1) is 0 Å². The van der Waals surface area contributed by atoms with Gasteiger partial charge in [-0.3, -0.25) is 4.90 Å². The fourth-order valence-corrected chi connectivity index (χ4v) is 2.89. The van der Waals surface area contributed by atoms with E-state index in [-0.39, 0.29) is 0 Å². The minimum Gasteiger partial charge on any atom is -0.492 e. The Kier molecular flexibility index (Phi) is 6.30. The number of nitrogens with zero attached hydrogens (tertiary/aromatic N) is 1. The van der Waals surface area contributed by atoms with Crippen LogP contribution in [0.25, 0.3) is 0 Å².